The number of hydrogen-bond acceptors (Lipinski definition) is 3. The van der Waals surface area contributed by atoms with Crippen LogP contribution in [0.15, 0.2) is 42.0 Å². The summed E-state index contributed by atoms with van der Waals surface area (Å²) in [4.78, 5) is 14.3. The zero-order valence-corrected chi connectivity index (χ0v) is 13.3. The second kappa shape index (κ2) is 7.10. The Morgan fingerprint density at radius 1 is 1.23 bits per heavy atom. The van der Waals surface area contributed by atoms with Gasteiger partial charge in [0.25, 0.3) is 0 Å². The Labute approximate surface area is 133 Å². The summed E-state index contributed by atoms with van der Waals surface area (Å²) in [5.41, 5.74) is 2.66. The van der Waals surface area contributed by atoms with Crippen LogP contribution in [0, 0.1) is 0 Å². The average Bonchev–Trinajstić information content (AvgIpc) is 2.49. The Morgan fingerprint density at radius 3 is 2.55 bits per heavy atom. The highest BCUT2D eigenvalue weighted by atomic mass is 16.5. The molecule has 2 fully saturated rings. The van der Waals surface area contributed by atoms with Crippen molar-refractivity contribution in [2.75, 3.05) is 6.61 Å². The third-order valence-electron chi connectivity index (χ3n) is 4.82. The molecule has 1 aromatic carbocycles. The number of piperidine rings is 2. The number of rotatable bonds is 4. The highest BCUT2D eigenvalue weighted by Crippen LogP contribution is 2.37. The van der Waals surface area contributed by atoms with E-state index in [4.69, 9.17) is 4.74 Å². The third kappa shape index (κ3) is 3.58. The first-order valence-corrected chi connectivity index (χ1v) is 8.42. The zero-order valence-electron chi connectivity index (χ0n) is 13.3. The fraction of sp³-hybridized carbons (Fsp3) is 0.526. The monoisotopic (exact) mass is 299 g/mol. The van der Waals surface area contributed by atoms with Crippen molar-refractivity contribution >= 4 is 5.97 Å². The molecule has 0 spiro atoms. The molecule has 2 bridgehead atoms. The van der Waals surface area contributed by atoms with Gasteiger partial charge in [0, 0.05) is 24.7 Å². The summed E-state index contributed by atoms with van der Waals surface area (Å²) in [6.45, 7) is 3.34. The normalized spacial score (nSPS) is 24.9. The molecule has 22 heavy (non-hydrogen) atoms. The van der Waals surface area contributed by atoms with Crippen molar-refractivity contribution < 1.29 is 9.53 Å². The highest BCUT2D eigenvalue weighted by molar-refractivity contribution is 5.82. The summed E-state index contributed by atoms with van der Waals surface area (Å²) in [5, 5.41) is 0. The lowest BCUT2D eigenvalue weighted by molar-refractivity contribution is -0.137. The van der Waals surface area contributed by atoms with Gasteiger partial charge in [-0.3, -0.25) is 4.90 Å². The van der Waals surface area contributed by atoms with Crippen LogP contribution >= 0.6 is 0 Å². The molecule has 0 saturated carbocycles. The van der Waals surface area contributed by atoms with Crippen molar-refractivity contribution in [2.24, 2.45) is 0 Å². The maximum atomic E-state index is 11.7. The zero-order chi connectivity index (χ0) is 15.4. The van der Waals surface area contributed by atoms with Crippen LogP contribution in [0.25, 0.3) is 0 Å². The topological polar surface area (TPSA) is 29.5 Å². The summed E-state index contributed by atoms with van der Waals surface area (Å²) in [6.07, 6.45) is 7.57. The van der Waals surface area contributed by atoms with E-state index in [1.54, 1.807) is 6.08 Å². The van der Waals surface area contributed by atoms with Crippen LogP contribution < -0.4 is 0 Å². The molecule has 0 aliphatic carbocycles. The molecule has 1 aromatic rings. The van der Waals surface area contributed by atoms with Crippen LogP contribution in [0.1, 0.15) is 44.6 Å². The summed E-state index contributed by atoms with van der Waals surface area (Å²) in [7, 11) is 0. The first-order valence-electron chi connectivity index (χ1n) is 8.42. The van der Waals surface area contributed by atoms with Gasteiger partial charge in [-0.25, -0.2) is 4.79 Å². The van der Waals surface area contributed by atoms with Crippen molar-refractivity contribution in [1.82, 2.24) is 4.90 Å². The van der Waals surface area contributed by atoms with Crippen LogP contribution in [0.2, 0.25) is 0 Å². The third-order valence-corrected chi connectivity index (χ3v) is 4.82. The molecule has 2 atom stereocenters. The van der Waals surface area contributed by atoms with Gasteiger partial charge in [0.15, 0.2) is 0 Å². The van der Waals surface area contributed by atoms with E-state index < -0.39 is 0 Å². The van der Waals surface area contributed by atoms with Crippen molar-refractivity contribution in [3.63, 3.8) is 0 Å². The molecular weight excluding hydrogens is 274 g/mol. The Morgan fingerprint density at radius 2 is 1.91 bits per heavy atom. The van der Waals surface area contributed by atoms with Crippen molar-refractivity contribution in [2.45, 2.75) is 57.7 Å². The SMILES string of the molecule is CCOC(=O)C=C1CC2CCCC(C1)N2Cc1ccccc1. The maximum Gasteiger partial charge on any atom is 0.330 e. The Kier molecular flexibility index (Phi) is 4.94. The summed E-state index contributed by atoms with van der Waals surface area (Å²) in [6, 6.07) is 11.9. The van der Waals surface area contributed by atoms with Crippen LogP contribution in [0.3, 0.4) is 0 Å². The van der Waals surface area contributed by atoms with E-state index in [-0.39, 0.29) is 5.97 Å². The first kappa shape index (κ1) is 15.3. The van der Waals surface area contributed by atoms with E-state index in [9.17, 15) is 4.79 Å². The number of nitrogens with zero attached hydrogens (tertiary/aromatic N) is 1. The van der Waals surface area contributed by atoms with E-state index in [0.29, 0.717) is 18.7 Å². The molecule has 0 aromatic heterocycles. The molecule has 0 radical (unpaired) electrons. The van der Waals surface area contributed by atoms with E-state index in [1.807, 2.05) is 6.92 Å². The van der Waals surface area contributed by atoms with Crippen LogP contribution in [-0.2, 0) is 16.1 Å². The Hall–Kier alpha value is -1.61. The lowest BCUT2D eigenvalue weighted by Crippen LogP contribution is -2.49. The standard InChI is InChI=1S/C19H25NO2/c1-2-22-19(21)13-16-11-17-9-6-10-18(12-16)20(17)14-15-7-4-3-5-8-15/h3-5,7-8,13,17-18H,2,6,9-12,14H2,1H3. The van der Waals surface area contributed by atoms with E-state index in [2.05, 4.69) is 35.2 Å². The molecule has 3 heteroatoms. The van der Waals surface area contributed by atoms with Crippen molar-refractivity contribution in [3.8, 4) is 0 Å². The number of hydrogen-bond donors (Lipinski definition) is 0. The molecule has 0 N–H and O–H groups in total. The molecular formula is C19H25NO2. The minimum atomic E-state index is -0.174. The summed E-state index contributed by atoms with van der Waals surface area (Å²) >= 11 is 0. The van der Waals surface area contributed by atoms with Gasteiger partial charge in [0.1, 0.15) is 0 Å². The van der Waals surface area contributed by atoms with Gasteiger partial charge in [0.05, 0.1) is 6.61 Å². The van der Waals surface area contributed by atoms with Crippen molar-refractivity contribution in [1.29, 1.82) is 0 Å². The van der Waals surface area contributed by atoms with Crippen molar-refractivity contribution in [3.05, 3.63) is 47.5 Å². The number of fused-ring (bicyclic) bond motifs is 2. The largest absolute Gasteiger partial charge is 0.463 e. The number of carbonyl (C=O) groups excluding carboxylic acids is 1. The van der Waals surface area contributed by atoms with Crippen LogP contribution in [0.4, 0.5) is 0 Å². The molecule has 2 saturated heterocycles. The predicted molar refractivity (Wildman–Crippen MR) is 87.4 cm³/mol. The van der Waals surface area contributed by atoms with E-state index in [0.717, 1.165) is 19.4 Å². The van der Waals surface area contributed by atoms with Gasteiger partial charge >= 0.3 is 5.97 Å². The van der Waals surface area contributed by atoms with Crippen LogP contribution in [-0.4, -0.2) is 29.6 Å². The smallest absolute Gasteiger partial charge is 0.330 e. The molecule has 118 valence electrons. The molecule has 3 nitrogen and oxygen atoms in total. The number of carbonyl (C=O) groups is 1. The summed E-state index contributed by atoms with van der Waals surface area (Å²) < 4.78 is 5.06. The molecule has 0 amide bonds. The molecule has 2 heterocycles. The van der Waals surface area contributed by atoms with E-state index in [1.165, 1.54) is 30.4 Å². The average molecular weight is 299 g/mol. The van der Waals surface area contributed by atoms with Gasteiger partial charge in [-0.1, -0.05) is 42.3 Å². The lowest BCUT2D eigenvalue weighted by atomic mass is 9.81. The minimum absolute atomic E-state index is 0.174. The molecule has 2 unspecified atom stereocenters. The predicted octanol–water partition coefficient (Wildman–Crippen LogP) is 3.69. The fourth-order valence-electron chi connectivity index (χ4n) is 3.87. The quantitative estimate of drug-likeness (QED) is 0.627. The number of benzene rings is 1. The van der Waals surface area contributed by atoms with Gasteiger partial charge in [-0.05, 0) is 38.2 Å². The van der Waals surface area contributed by atoms with E-state index >= 15 is 0 Å². The van der Waals surface area contributed by atoms with Crippen LogP contribution in [0.5, 0.6) is 0 Å². The summed E-state index contributed by atoms with van der Waals surface area (Å²) in [5.74, 6) is -0.174. The minimum Gasteiger partial charge on any atom is -0.463 e. The fourth-order valence-corrected chi connectivity index (χ4v) is 3.87. The first-order chi connectivity index (χ1) is 10.8. The Bertz CT molecular complexity index is 522. The maximum absolute atomic E-state index is 11.7. The highest BCUT2D eigenvalue weighted by Gasteiger charge is 2.35. The van der Waals surface area contributed by atoms with Gasteiger partial charge in [-0.2, -0.15) is 0 Å². The van der Waals surface area contributed by atoms with Gasteiger partial charge < -0.3 is 4.74 Å². The van der Waals surface area contributed by atoms with Gasteiger partial charge in [0.2, 0.25) is 0 Å². The van der Waals surface area contributed by atoms with Gasteiger partial charge in [-0.15, -0.1) is 0 Å². The second-order valence-electron chi connectivity index (χ2n) is 6.36. The second-order valence-corrected chi connectivity index (χ2v) is 6.36. The lowest BCUT2D eigenvalue weighted by Gasteiger charge is -2.47. The number of ether oxygens (including phenoxy) is 1. The Balaban J connectivity index is 1.70. The molecule has 2 aliphatic rings. The molecule has 2 aliphatic heterocycles. The molecule has 3 rings (SSSR count). The number of esters is 1.